The predicted octanol–water partition coefficient (Wildman–Crippen LogP) is 3.50. The zero-order valence-corrected chi connectivity index (χ0v) is 10.1. The summed E-state index contributed by atoms with van der Waals surface area (Å²) in [6, 6.07) is 9.61. The molecule has 0 N–H and O–H groups in total. The number of ether oxygens (including phenoxy) is 1. The first-order valence-electron chi connectivity index (χ1n) is 5.42. The Morgan fingerprint density at radius 2 is 2.00 bits per heavy atom. The van der Waals surface area contributed by atoms with Crippen LogP contribution in [-0.4, -0.2) is 4.98 Å². The van der Waals surface area contributed by atoms with Crippen molar-refractivity contribution < 1.29 is 9.13 Å². The number of nitrogens with zero attached hydrogens (tertiary/aromatic N) is 2. The Balaban J connectivity index is 2.43. The number of halogens is 1. The van der Waals surface area contributed by atoms with Crippen LogP contribution >= 0.6 is 0 Å². The number of hydrogen-bond acceptors (Lipinski definition) is 3. The third-order valence-corrected chi connectivity index (χ3v) is 2.48. The molecule has 0 spiro atoms. The zero-order chi connectivity index (χ0) is 13.1. The minimum atomic E-state index is -0.387. The lowest BCUT2D eigenvalue weighted by molar-refractivity contribution is 0.452. The Kier molecular flexibility index (Phi) is 3.24. The molecule has 0 saturated carbocycles. The first kappa shape index (κ1) is 12.1. The monoisotopic (exact) mass is 242 g/mol. The second-order valence-corrected chi connectivity index (χ2v) is 3.93. The average molecular weight is 242 g/mol. The molecule has 0 fully saturated rings. The third kappa shape index (κ3) is 2.46. The summed E-state index contributed by atoms with van der Waals surface area (Å²) >= 11 is 0. The molecule has 0 bridgehead atoms. The van der Waals surface area contributed by atoms with Crippen molar-refractivity contribution in [2.75, 3.05) is 0 Å². The lowest BCUT2D eigenvalue weighted by Crippen LogP contribution is -1.95. The number of hydrogen-bond donors (Lipinski definition) is 0. The van der Waals surface area contributed by atoms with Gasteiger partial charge in [0.1, 0.15) is 23.2 Å². The molecule has 0 radical (unpaired) electrons. The van der Waals surface area contributed by atoms with Gasteiger partial charge < -0.3 is 4.74 Å². The number of aryl methyl sites for hydroxylation is 2. The van der Waals surface area contributed by atoms with E-state index in [1.165, 1.54) is 12.1 Å². The molecule has 1 aromatic heterocycles. The summed E-state index contributed by atoms with van der Waals surface area (Å²) in [4.78, 5) is 4.14. The van der Waals surface area contributed by atoms with E-state index < -0.39 is 0 Å². The Bertz CT molecular complexity index is 632. The van der Waals surface area contributed by atoms with Crippen molar-refractivity contribution >= 4 is 0 Å². The van der Waals surface area contributed by atoms with E-state index in [1.807, 2.05) is 6.07 Å². The smallest absolute Gasteiger partial charge is 0.237 e. The molecule has 2 rings (SSSR count). The fourth-order valence-corrected chi connectivity index (χ4v) is 1.48. The quantitative estimate of drug-likeness (QED) is 0.809. The molecule has 1 heterocycles. The van der Waals surface area contributed by atoms with Gasteiger partial charge in [-0.2, -0.15) is 5.26 Å². The second-order valence-electron chi connectivity index (χ2n) is 3.93. The second kappa shape index (κ2) is 4.84. The summed E-state index contributed by atoms with van der Waals surface area (Å²) < 4.78 is 18.7. The van der Waals surface area contributed by atoms with Gasteiger partial charge in [-0.25, -0.2) is 9.37 Å². The number of aromatic nitrogens is 1. The molecule has 1 aromatic carbocycles. The molecule has 0 aliphatic carbocycles. The molecule has 0 aliphatic rings. The predicted molar refractivity (Wildman–Crippen MR) is 64.9 cm³/mol. The SMILES string of the molecule is Cc1ccc(C#N)c(Oc2cc(F)ccc2C)n1. The van der Waals surface area contributed by atoms with Crippen molar-refractivity contribution in [3.05, 3.63) is 53.0 Å². The van der Waals surface area contributed by atoms with Crippen LogP contribution in [0.5, 0.6) is 11.6 Å². The van der Waals surface area contributed by atoms with Crippen LogP contribution in [0.15, 0.2) is 30.3 Å². The minimum Gasteiger partial charge on any atom is -0.437 e. The van der Waals surface area contributed by atoms with Gasteiger partial charge in [-0.15, -0.1) is 0 Å². The number of nitriles is 1. The lowest BCUT2D eigenvalue weighted by atomic mass is 10.2. The van der Waals surface area contributed by atoms with E-state index in [2.05, 4.69) is 4.98 Å². The van der Waals surface area contributed by atoms with E-state index in [0.717, 1.165) is 11.3 Å². The molecule has 4 heteroatoms. The Hall–Kier alpha value is -2.41. The van der Waals surface area contributed by atoms with Gasteiger partial charge in [-0.1, -0.05) is 6.07 Å². The Morgan fingerprint density at radius 3 is 2.72 bits per heavy atom. The molecular weight excluding hydrogens is 231 g/mol. The highest BCUT2D eigenvalue weighted by Crippen LogP contribution is 2.26. The number of pyridine rings is 1. The van der Waals surface area contributed by atoms with Crippen molar-refractivity contribution in [1.82, 2.24) is 4.98 Å². The highest BCUT2D eigenvalue weighted by Gasteiger charge is 2.09. The van der Waals surface area contributed by atoms with Gasteiger partial charge in [-0.05, 0) is 37.6 Å². The molecule has 18 heavy (non-hydrogen) atoms. The van der Waals surface area contributed by atoms with Gasteiger partial charge in [0.25, 0.3) is 0 Å². The third-order valence-electron chi connectivity index (χ3n) is 2.48. The van der Waals surface area contributed by atoms with Crippen molar-refractivity contribution in [1.29, 1.82) is 5.26 Å². The minimum absolute atomic E-state index is 0.200. The van der Waals surface area contributed by atoms with Crippen LogP contribution in [0.1, 0.15) is 16.8 Å². The summed E-state index contributed by atoms with van der Waals surface area (Å²) in [6.07, 6.45) is 0. The largest absolute Gasteiger partial charge is 0.437 e. The maximum Gasteiger partial charge on any atom is 0.237 e. The number of benzene rings is 1. The zero-order valence-electron chi connectivity index (χ0n) is 10.1. The first-order valence-corrected chi connectivity index (χ1v) is 5.42. The van der Waals surface area contributed by atoms with E-state index in [9.17, 15) is 4.39 Å². The van der Waals surface area contributed by atoms with Gasteiger partial charge >= 0.3 is 0 Å². The molecule has 2 aromatic rings. The van der Waals surface area contributed by atoms with Crippen LogP contribution in [0.2, 0.25) is 0 Å². The normalized spacial score (nSPS) is 9.89. The van der Waals surface area contributed by atoms with Crippen molar-refractivity contribution in [2.45, 2.75) is 13.8 Å². The summed E-state index contributed by atoms with van der Waals surface area (Å²) in [6.45, 7) is 3.60. The molecule has 0 amide bonds. The first-order chi connectivity index (χ1) is 8.60. The van der Waals surface area contributed by atoms with Crippen molar-refractivity contribution in [3.8, 4) is 17.7 Å². The Morgan fingerprint density at radius 1 is 1.22 bits per heavy atom. The lowest BCUT2D eigenvalue weighted by Gasteiger charge is -2.09. The summed E-state index contributed by atoms with van der Waals surface area (Å²) in [5.74, 6) is 0.178. The topological polar surface area (TPSA) is 45.9 Å². The maximum absolute atomic E-state index is 13.1. The van der Waals surface area contributed by atoms with E-state index in [4.69, 9.17) is 10.00 Å². The molecule has 0 unspecified atom stereocenters. The van der Waals surface area contributed by atoms with E-state index in [1.54, 1.807) is 32.0 Å². The summed E-state index contributed by atoms with van der Waals surface area (Å²) in [5, 5.41) is 8.97. The van der Waals surface area contributed by atoms with Gasteiger partial charge in [-0.3, -0.25) is 0 Å². The van der Waals surface area contributed by atoms with Crippen LogP contribution in [0.3, 0.4) is 0 Å². The average Bonchev–Trinajstić information content (AvgIpc) is 2.34. The van der Waals surface area contributed by atoms with E-state index in [0.29, 0.717) is 11.3 Å². The fraction of sp³-hybridized carbons (Fsp3) is 0.143. The van der Waals surface area contributed by atoms with Crippen molar-refractivity contribution in [3.63, 3.8) is 0 Å². The van der Waals surface area contributed by atoms with Crippen LogP contribution in [0.4, 0.5) is 4.39 Å². The van der Waals surface area contributed by atoms with Crippen LogP contribution in [-0.2, 0) is 0 Å². The maximum atomic E-state index is 13.1. The van der Waals surface area contributed by atoms with Crippen LogP contribution in [0, 0.1) is 31.0 Å². The van der Waals surface area contributed by atoms with E-state index >= 15 is 0 Å². The highest BCUT2D eigenvalue weighted by atomic mass is 19.1. The highest BCUT2D eigenvalue weighted by molar-refractivity contribution is 5.43. The summed E-state index contributed by atoms with van der Waals surface area (Å²) in [7, 11) is 0. The molecule has 90 valence electrons. The van der Waals surface area contributed by atoms with Gasteiger partial charge in [0, 0.05) is 11.8 Å². The molecule has 0 saturated heterocycles. The Labute approximate surface area is 104 Å². The van der Waals surface area contributed by atoms with Gasteiger partial charge in [0.2, 0.25) is 5.88 Å². The van der Waals surface area contributed by atoms with Crippen molar-refractivity contribution in [2.24, 2.45) is 0 Å². The van der Waals surface area contributed by atoms with Gasteiger partial charge in [0.15, 0.2) is 0 Å². The van der Waals surface area contributed by atoms with Crippen LogP contribution in [0.25, 0.3) is 0 Å². The van der Waals surface area contributed by atoms with Gasteiger partial charge in [0.05, 0.1) is 0 Å². The fourth-order valence-electron chi connectivity index (χ4n) is 1.48. The molecule has 0 aliphatic heterocycles. The molecule has 3 nitrogen and oxygen atoms in total. The standard InChI is InChI=1S/C14H11FN2O/c1-9-3-6-12(15)7-13(9)18-14-11(8-16)5-4-10(2)17-14/h3-7H,1-2H3. The van der Waals surface area contributed by atoms with E-state index in [-0.39, 0.29) is 11.7 Å². The summed E-state index contributed by atoms with van der Waals surface area (Å²) in [5.41, 5.74) is 1.84. The molecule has 0 atom stereocenters. The molecular formula is C14H11FN2O. The number of rotatable bonds is 2. The van der Waals surface area contributed by atoms with Crippen LogP contribution < -0.4 is 4.74 Å².